The van der Waals surface area contributed by atoms with Gasteiger partial charge in [0.25, 0.3) is 0 Å². The van der Waals surface area contributed by atoms with E-state index in [-0.39, 0.29) is 10.4 Å². The van der Waals surface area contributed by atoms with Gasteiger partial charge in [-0.15, -0.1) is 0 Å². The smallest absolute Gasteiger partial charge is 0.201 e. The summed E-state index contributed by atoms with van der Waals surface area (Å²) >= 11 is 5.81. The molecule has 1 aliphatic heterocycles. The van der Waals surface area contributed by atoms with E-state index in [2.05, 4.69) is 17.2 Å². The third-order valence-electron chi connectivity index (χ3n) is 4.17. The van der Waals surface area contributed by atoms with Gasteiger partial charge < -0.3 is 9.73 Å². The van der Waals surface area contributed by atoms with Crippen molar-refractivity contribution in [2.75, 3.05) is 13.1 Å². The SMILES string of the molecule is CCCC1(c2nc3cc(Cl)c(F)cc3o2)CCNCC1. The number of nitrogens with one attached hydrogen (secondary N) is 1. The minimum atomic E-state index is -0.461. The molecule has 5 heteroatoms. The van der Waals surface area contributed by atoms with Gasteiger partial charge in [-0.05, 0) is 38.4 Å². The number of benzene rings is 1. The van der Waals surface area contributed by atoms with Crippen molar-refractivity contribution in [3.63, 3.8) is 0 Å². The fourth-order valence-electron chi connectivity index (χ4n) is 3.11. The fourth-order valence-corrected chi connectivity index (χ4v) is 3.26. The molecule has 1 aromatic heterocycles. The summed E-state index contributed by atoms with van der Waals surface area (Å²) in [5, 5.41) is 3.46. The second-order valence-corrected chi connectivity index (χ2v) is 5.94. The van der Waals surface area contributed by atoms with E-state index in [0.29, 0.717) is 11.1 Å². The Bertz CT molecular complexity index is 575. The van der Waals surface area contributed by atoms with E-state index in [1.165, 1.54) is 6.07 Å². The van der Waals surface area contributed by atoms with Crippen LogP contribution in [-0.2, 0) is 5.41 Å². The van der Waals surface area contributed by atoms with Crippen molar-refractivity contribution < 1.29 is 8.81 Å². The molecule has 20 heavy (non-hydrogen) atoms. The van der Waals surface area contributed by atoms with E-state index < -0.39 is 5.82 Å². The summed E-state index contributed by atoms with van der Waals surface area (Å²) in [6.07, 6.45) is 4.12. The normalized spacial score (nSPS) is 18.6. The summed E-state index contributed by atoms with van der Waals surface area (Å²) < 4.78 is 19.4. The summed E-state index contributed by atoms with van der Waals surface area (Å²) in [5.41, 5.74) is 1.10. The summed E-state index contributed by atoms with van der Waals surface area (Å²) in [4.78, 5) is 4.58. The number of rotatable bonds is 3. The van der Waals surface area contributed by atoms with Crippen molar-refractivity contribution in [1.29, 1.82) is 0 Å². The van der Waals surface area contributed by atoms with Gasteiger partial charge in [0.15, 0.2) is 5.58 Å². The zero-order chi connectivity index (χ0) is 14.2. The maximum atomic E-state index is 13.5. The first-order valence-corrected chi connectivity index (χ1v) is 7.49. The van der Waals surface area contributed by atoms with E-state index in [1.54, 1.807) is 6.07 Å². The molecule has 0 spiro atoms. The predicted molar refractivity (Wildman–Crippen MR) is 77.7 cm³/mol. The van der Waals surface area contributed by atoms with Gasteiger partial charge in [0.1, 0.15) is 11.3 Å². The summed E-state index contributed by atoms with van der Waals surface area (Å²) in [6, 6.07) is 2.87. The molecule has 1 aromatic carbocycles. The Morgan fingerprint density at radius 3 is 2.85 bits per heavy atom. The first-order valence-electron chi connectivity index (χ1n) is 7.11. The maximum absolute atomic E-state index is 13.5. The van der Waals surface area contributed by atoms with Gasteiger partial charge in [-0.25, -0.2) is 9.37 Å². The zero-order valence-electron chi connectivity index (χ0n) is 11.5. The Morgan fingerprint density at radius 2 is 2.15 bits per heavy atom. The van der Waals surface area contributed by atoms with Crippen molar-refractivity contribution in [2.45, 2.75) is 38.0 Å². The minimum absolute atomic E-state index is 0.0258. The van der Waals surface area contributed by atoms with Crippen LogP contribution in [0.3, 0.4) is 0 Å². The number of oxazole rings is 1. The molecule has 0 radical (unpaired) electrons. The Morgan fingerprint density at radius 1 is 1.40 bits per heavy atom. The van der Waals surface area contributed by atoms with Gasteiger partial charge in [0.05, 0.1) is 5.02 Å². The molecule has 2 aromatic rings. The van der Waals surface area contributed by atoms with Crippen molar-refractivity contribution in [2.24, 2.45) is 0 Å². The second-order valence-electron chi connectivity index (χ2n) is 5.53. The van der Waals surface area contributed by atoms with Crippen molar-refractivity contribution in [3.8, 4) is 0 Å². The lowest BCUT2D eigenvalue weighted by Crippen LogP contribution is -2.40. The van der Waals surface area contributed by atoms with Crippen LogP contribution in [0.2, 0.25) is 5.02 Å². The summed E-state index contributed by atoms with van der Waals surface area (Å²) in [7, 11) is 0. The number of piperidine rings is 1. The van der Waals surface area contributed by atoms with Gasteiger partial charge in [0.2, 0.25) is 5.89 Å². The zero-order valence-corrected chi connectivity index (χ0v) is 12.3. The Labute approximate surface area is 122 Å². The molecule has 0 saturated carbocycles. The quantitative estimate of drug-likeness (QED) is 0.929. The molecule has 0 unspecified atom stereocenters. The highest BCUT2D eigenvalue weighted by Crippen LogP contribution is 2.39. The largest absolute Gasteiger partial charge is 0.440 e. The minimum Gasteiger partial charge on any atom is -0.440 e. The number of hydrogen-bond donors (Lipinski definition) is 1. The molecule has 1 aliphatic rings. The summed E-state index contributed by atoms with van der Waals surface area (Å²) in [5.74, 6) is 0.272. The molecule has 1 fully saturated rings. The second kappa shape index (κ2) is 5.34. The molecule has 3 rings (SSSR count). The van der Waals surface area contributed by atoms with Crippen LogP contribution in [0.25, 0.3) is 11.1 Å². The molecule has 0 atom stereocenters. The van der Waals surface area contributed by atoms with Gasteiger partial charge in [-0.2, -0.15) is 0 Å². The molecule has 1 N–H and O–H groups in total. The Kier molecular flexibility index (Phi) is 3.69. The first kappa shape index (κ1) is 13.8. The predicted octanol–water partition coefficient (Wildman–Crippen LogP) is 4.04. The van der Waals surface area contributed by atoms with Crippen LogP contribution in [0.15, 0.2) is 16.5 Å². The van der Waals surface area contributed by atoms with Crippen LogP contribution in [-0.4, -0.2) is 18.1 Å². The van der Waals surface area contributed by atoms with Gasteiger partial charge >= 0.3 is 0 Å². The van der Waals surface area contributed by atoms with E-state index >= 15 is 0 Å². The maximum Gasteiger partial charge on any atom is 0.201 e. The third kappa shape index (κ3) is 2.31. The van der Waals surface area contributed by atoms with Crippen LogP contribution in [0.5, 0.6) is 0 Å². The van der Waals surface area contributed by atoms with Crippen LogP contribution in [0, 0.1) is 5.82 Å². The average molecular weight is 297 g/mol. The molecule has 0 bridgehead atoms. The fraction of sp³-hybridized carbons (Fsp3) is 0.533. The van der Waals surface area contributed by atoms with Crippen molar-refractivity contribution in [3.05, 3.63) is 28.9 Å². The van der Waals surface area contributed by atoms with E-state index in [1.807, 2.05) is 0 Å². The van der Waals surface area contributed by atoms with Crippen molar-refractivity contribution >= 4 is 22.7 Å². The summed E-state index contributed by atoms with van der Waals surface area (Å²) in [6.45, 7) is 4.10. The number of aromatic nitrogens is 1. The highest BCUT2D eigenvalue weighted by Gasteiger charge is 2.37. The Balaban J connectivity index is 2.06. The Hall–Kier alpha value is -1.13. The topological polar surface area (TPSA) is 38.1 Å². The number of halogens is 2. The lowest BCUT2D eigenvalue weighted by atomic mass is 9.75. The van der Waals surface area contributed by atoms with Crippen LogP contribution < -0.4 is 5.32 Å². The van der Waals surface area contributed by atoms with Gasteiger partial charge in [0, 0.05) is 11.5 Å². The van der Waals surface area contributed by atoms with Gasteiger partial charge in [-0.1, -0.05) is 24.9 Å². The number of hydrogen-bond acceptors (Lipinski definition) is 3. The first-order chi connectivity index (χ1) is 9.64. The third-order valence-corrected chi connectivity index (χ3v) is 4.46. The standard InChI is InChI=1S/C15H18ClFN2O/c1-2-3-15(4-6-18-7-5-15)14-19-12-8-10(16)11(17)9-13(12)20-14/h8-9,18H,2-7H2,1H3. The highest BCUT2D eigenvalue weighted by molar-refractivity contribution is 6.31. The molecule has 0 aliphatic carbocycles. The van der Waals surface area contributed by atoms with E-state index in [9.17, 15) is 4.39 Å². The highest BCUT2D eigenvalue weighted by atomic mass is 35.5. The van der Waals surface area contributed by atoms with E-state index in [0.717, 1.165) is 44.7 Å². The van der Waals surface area contributed by atoms with Crippen molar-refractivity contribution in [1.82, 2.24) is 10.3 Å². The van der Waals surface area contributed by atoms with E-state index in [4.69, 9.17) is 16.0 Å². The monoisotopic (exact) mass is 296 g/mol. The number of nitrogens with zero attached hydrogens (tertiary/aromatic N) is 1. The molecular weight excluding hydrogens is 279 g/mol. The lowest BCUT2D eigenvalue weighted by Gasteiger charge is -2.34. The van der Waals surface area contributed by atoms with Crippen LogP contribution in [0.4, 0.5) is 4.39 Å². The van der Waals surface area contributed by atoms with Crippen LogP contribution >= 0.6 is 11.6 Å². The molecule has 0 amide bonds. The molecule has 1 saturated heterocycles. The van der Waals surface area contributed by atoms with Gasteiger partial charge in [-0.3, -0.25) is 0 Å². The lowest BCUT2D eigenvalue weighted by molar-refractivity contribution is 0.233. The van der Waals surface area contributed by atoms with Crippen LogP contribution in [0.1, 0.15) is 38.5 Å². The molecular formula is C15H18ClFN2O. The number of fused-ring (bicyclic) bond motifs is 1. The average Bonchev–Trinajstić information content (AvgIpc) is 2.84. The molecule has 108 valence electrons. The molecule has 2 heterocycles. The molecule has 3 nitrogen and oxygen atoms in total.